The van der Waals surface area contributed by atoms with E-state index in [1.165, 1.54) is 0 Å². The Morgan fingerprint density at radius 1 is 1.29 bits per heavy atom. The van der Waals surface area contributed by atoms with Crippen LogP contribution < -0.4 is 5.32 Å². The molecule has 0 bridgehead atoms. The van der Waals surface area contributed by atoms with E-state index < -0.39 is 29.0 Å². The van der Waals surface area contributed by atoms with Gasteiger partial charge in [0.15, 0.2) is 5.82 Å². The summed E-state index contributed by atoms with van der Waals surface area (Å²) in [5.41, 5.74) is -0.861. The predicted octanol–water partition coefficient (Wildman–Crippen LogP) is 3.44. The van der Waals surface area contributed by atoms with Crippen LogP contribution in [0, 0.1) is 19.7 Å². The number of benzene rings is 1. The Labute approximate surface area is 117 Å². The maximum absolute atomic E-state index is 13.8. The van der Waals surface area contributed by atoms with E-state index in [0.29, 0.717) is 17.3 Å². The normalized spacial score (nSPS) is 11.5. The molecule has 0 unspecified atom stereocenters. The van der Waals surface area contributed by atoms with E-state index in [9.17, 15) is 22.4 Å². The second kappa shape index (κ2) is 5.19. The Morgan fingerprint density at radius 2 is 1.95 bits per heavy atom. The molecule has 21 heavy (non-hydrogen) atoms. The van der Waals surface area contributed by atoms with Crippen LogP contribution in [0.25, 0.3) is 0 Å². The van der Waals surface area contributed by atoms with Crippen LogP contribution in [0.1, 0.15) is 27.2 Å². The third-order valence-electron chi connectivity index (χ3n) is 3.03. The molecule has 0 atom stereocenters. The molecule has 4 nitrogen and oxygen atoms in total. The summed E-state index contributed by atoms with van der Waals surface area (Å²) in [5.74, 6) is -2.45. The molecule has 0 fully saturated rings. The predicted molar refractivity (Wildman–Crippen MR) is 67.4 cm³/mol. The molecule has 0 aliphatic rings. The van der Waals surface area contributed by atoms with Gasteiger partial charge in [-0.15, -0.1) is 0 Å². The number of hydrogen-bond donors (Lipinski definition) is 2. The second-order valence-corrected chi connectivity index (χ2v) is 4.44. The fourth-order valence-corrected chi connectivity index (χ4v) is 1.71. The summed E-state index contributed by atoms with van der Waals surface area (Å²) in [6.45, 7) is 3.37. The van der Waals surface area contributed by atoms with Gasteiger partial charge < -0.3 is 5.32 Å². The van der Waals surface area contributed by atoms with Gasteiger partial charge in [-0.25, -0.2) is 4.39 Å². The number of nitrogens with one attached hydrogen (secondary N) is 2. The third kappa shape index (κ3) is 2.88. The van der Waals surface area contributed by atoms with Crippen molar-refractivity contribution < 1.29 is 22.4 Å². The summed E-state index contributed by atoms with van der Waals surface area (Å²) in [7, 11) is 0. The Hall–Kier alpha value is -2.38. The first-order valence-electron chi connectivity index (χ1n) is 5.90. The maximum Gasteiger partial charge on any atom is 0.419 e. The van der Waals surface area contributed by atoms with Crippen molar-refractivity contribution in [2.24, 2.45) is 0 Å². The van der Waals surface area contributed by atoms with Crippen molar-refractivity contribution in [1.82, 2.24) is 10.2 Å². The molecule has 0 aliphatic carbocycles. The summed E-state index contributed by atoms with van der Waals surface area (Å²) in [6.07, 6.45) is -4.86. The molecular formula is C13H11F4N3O. The Balaban J connectivity index is 2.34. The molecule has 1 amide bonds. The van der Waals surface area contributed by atoms with E-state index in [2.05, 4.69) is 15.5 Å². The quantitative estimate of drug-likeness (QED) is 0.835. The standard InChI is InChI=1S/C13H11F4N3O/c1-6-7(2)19-20-11(6)18-12(21)8-4-3-5-9(10(8)14)13(15,16)17/h3-5H,1-2H3,(H2,18,19,20,21). The minimum Gasteiger partial charge on any atom is -0.305 e. The molecule has 2 aromatic rings. The molecule has 1 aromatic heterocycles. The van der Waals surface area contributed by atoms with Gasteiger partial charge in [-0.2, -0.15) is 18.3 Å². The van der Waals surface area contributed by atoms with E-state index in [1.54, 1.807) is 13.8 Å². The highest BCUT2D eigenvalue weighted by atomic mass is 19.4. The van der Waals surface area contributed by atoms with Gasteiger partial charge in [0.05, 0.1) is 11.1 Å². The molecule has 1 aromatic carbocycles. The van der Waals surface area contributed by atoms with Crippen molar-refractivity contribution in [2.75, 3.05) is 5.32 Å². The first-order chi connectivity index (χ1) is 9.71. The van der Waals surface area contributed by atoms with Gasteiger partial charge in [-0.1, -0.05) is 6.07 Å². The lowest BCUT2D eigenvalue weighted by molar-refractivity contribution is -0.140. The number of nitrogens with zero attached hydrogens (tertiary/aromatic N) is 1. The highest BCUT2D eigenvalue weighted by molar-refractivity contribution is 6.04. The molecule has 0 saturated carbocycles. The van der Waals surface area contributed by atoms with Crippen LogP contribution in [0.5, 0.6) is 0 Å². The summed E-state index contributed by atoms with van der Waals surface area (Å²) < 4.78 is 51.6. The molecule has 0 saturated heterocycles. The Kier molecular flexibility index (Phi) is 3.71. The van der Waals surface area contributed by atoms with Gasteiger partial charge in [0.2, 0.25) is 0 Å². The molecule has 0 spiro atoms. The fourth-order valence-electron chi connectivity index (χ4n) is 1.71. The van der Waals surface area contributed by atoms with Crippen molar-refractivity contribution >= 4 is 11.7 Å². The van der Waals surface area contributed by atoms with E-state index in [-0.39, 0.29) is 5.82 Å². The van der Waals surface area contributed by atoms with Crippen molar-refractivity contribution in [3.05, 3.63) is 46.4 Å². The number of rotatable bonds is 2. The van der Waals surface area contributed by atoms with Crippen molar-refractivity contribution in [3.8, 4) is 0 Å². The first-order valence-corrected chi connectivity index (χ1v) is 5.90. The Morgan fingerprint density at radius 3 is 2.48 bits per heavy atom. The number of anilines is 1. The number of alkyl halides is 3. The first kappa shape index (κ1) is 15.0. The second-order valence-electron chi connectivity index (χ2n) is 4.44. The van der Waals surface area contributed by atoms with Gasteiger partial charge >= 0.3 is 6.18 Å². The van der Waals surface area contributed by atoms with Gasteiger partial charge in [0, 0.05) is 11.3 Å². The number of hydrogen-bond acceptors (Lipinski definition) is 2. The van der Waals surface area contributed by atoms with Crippen LogP contribution in [0.2, 0.25) is 0 Å². The zero-order valence-corrected chi connectivity index (χ0v) is 11.1. The summed E-state index contributed by atoms with van der Waals surface area (Å²) >= 11 is 0. The number of carbonyl (C=O) groups is 1. The van der Waals surface area contributed by atoms with Crippen LogP contribution >= 0.6 is 0 Å². The van der Waals surface area contributed by atoms with Gasteiger partial charge in [0.1, 0.15) is 5.82 Å². The Bertz CT molecular complexity index is 691. The summed E-state index contributed by atoms with van der Waals surface area (Å²) in [6, 6.07) is 2.54. The summed E-state index contributed by atoms with van der Waals surface area (Å²) in [4.78, 5) is 11.9. The number of H-pyrrole nitrogens is 1. The fraction of sp³-hybridized carbons (Fsp3) is 0.231. The van der Waals surface area contributed by atoms with E-state index in [1.807, 2.05) is 0 Å². The van der Waals surface area contributed by atoms with Gasteiger partial charge in [0.25, 0.3) is 5.91 Å². The molecule has 112 valence electrons. The van der Waals surface area contributed by atoms with Crippen LogP contribution in [-0.4, -0.2) is 16.1 Å². The molecule has 1 heterocycles. The van der Waals surface area contributed by atoms with Crippen LogP contribution in [0.3, 0.4) is 0 Å². The molecule has 2 rings (SSSR count). The average molecular weight is 301 g/mol. The molecule has 0 radical (unpaired) electrons. The number of aromatic amines is 1. The van der Waals surface area contributed by atoms with Crippen LogP contribution in [0.15, 0.2) is 18.2 Å². The maximum atomic E-state index is 13.8. The van der Waals surface area contributed by atoms with Crippen LogP contribution in [-0.2, 0) is 6.18 Å². The number of aromatic nitrogens is 2. The summed E-state index contributed by atoms with van der Waals surface area (Å²) in [5, 5.41) is 8.66. The van der Waals surface area contributed by atoms with Gasteiger partial charge in [-0.05, 0) is 26.0 Å². The molecular weight excluding hydrogens is 290 g/mol. The topological polar surface area (TPSA) is 57.8 Å². The lowest BCUT2D eigenvalue weighted by atomic mass is 10.1. The average Bonchev–Trinajstić information content (AvgIpc) is 2.69. The number of aryl methyl sites for hydroxylation is 1. The van der Waals surface area contributed by atoms with E-state index >= 15 is 0 Å². The highest BCUT2D eigenvalue weighted by Gasteiger charge is 2.35. The largest absolute Gasteiger partial charge is 0.419 e. The van der Waals surface area contributed by atoms with E-state index in [0.717, 1.165) is 12.1 Å². The number of carbonyl (C=O) groups excluding carboxylic acids is 1. The number of amides is 1. The minimum absolute atomic E-state index is 0.148. The number of halogens is 4. The SMILES string of the molecule is Cc1[nH]nc(NC(=O)c2cccc(C(F)(F)F)c2F)c1C. The van der Waals surface area contributed by atoms with Crippen molar-refractivity contribution in [1.29, 1.82) is 0 Å². The zero-order chi connectivity index (χ0) is 15.8. The monoisotopic (exact) mass is 301 g/mol. The lowest BCUT2D eigenvalue weighted by Gasteiger charge is -2.10. The lowest BCUT2D eigenvalue weighted by Crippen LogP contribution is -2.18. The van der Waals surface area contributed by atoms with Gasteiger partial charge in [-0.3, -0.25) is 9.89 Å². The molecule has 8 heteroatoms. The molecule has 2 N–H and O–H groups in total. The van der Waals surface area contributed by atoms with Crippen molar-refractivity contribution in [3.63, 3.8) is 0 Å². The highest BCUT2D eigenvalue weighted by Crippen LogP contribution is 2.32. The minimum atomic E-state index is -4.86. The zero-order valence-electron chi connectivity index (χ0n) is 11.1. The molecule has 0 aliphatic heterocycles. The van der Waals surface area contributed by atoms with E-state index in [4.69, 9.17) is 0 Å². The van der Waals surface area contributed by atoms with Crippen LogP contribution in [0.4, 0.5) is 23.4 Å². The third-order valence-corrected chi connectivity index (χ3v) is 3.03. The smallest absolute Gasteiger partial charge is 0.305 e. The van der Waals surface area contributed by atoms with Crippen molar-refractivity contribution in [2.45, 2.75) is 20.0 Å².